The van der Waals surface area contributed by atoms with E-state index in [1.807, 2.05) is 16.3 Å². The van der Waals surface area contributed by atoms with Crippen LogP contribution in [0.15, 0.2) is 12.7 Å². The van der Waals surface area contributed by atoms with Crippen molar-refractivity contribution in [3.8, 4) is 0 Å². The van der Waals surface area contributed by atoms with E-state index < -0.39 is 0 Å². The first kappa shape index (κ1) is 12.7. The fourth-order valence-corrected chi connectivity index (χ4v) is 1.76. The van der Waals surface area contributed by atoms with Crippen LogP contribution in [0.4, 0.5) is 0 Å². The molecule has 18 heavy (non-hydrogen) atoms. The number of nitrogens with zero attached hydrogens (tertiary/aromatic N) is 6. The van der Waals surface area contributed by atoms with Crippen LogP contribution >= 0.6 is 0 Å². The Bertz CT molecular complexity index is 473. The number of rotatable bonds is 7. The molecule has 0 spiro atoms. The first-order chi connectivity index (χ1) is 8.81. The largest absolute Gasteiger partial charge is 0.321 e. The molecule has 2 heterocycles. The van der Waals surface area contributed by atoms with Gasteiger partial charge < -0.3 is 9.88 Å². The van der Waals surface area contributed by atoms with E-state index in [2.05, 4.69) is 32.5 Å². The second kappa shape index (κ2) is 6.25. The van der Waals surface area contributed by atoms with Crippen LogP contribution in [0.1, 0.15) is 25.0 Å². The summed E-state index contributed by atoms with van der Waals surface area (Å²) in [6, 6.07) is 0. The van der Waals surface area contributed by atoms with Gasteiger partial charge in [0.2, 0.25) is 0 Å². The molecule has 2 rings (SSSR count). The summed E-state index contributed by atoms with van der Waals surface area (Å²) < 4.78 is 3.87. The van der Waals surface area contributed by atoms with Crippen molar-refractivity contribution in [3.05, 3.63) is 24.3 Å². The van der Waals surface area contributed by atoms with Crippen LogP contribution in [0.3, 0.4) is 0 Å². The van der Waals surface area contributed by atoms with Crippen molar-refractivity contribution in [1.29, 1.82) is 0 Å². The lowest BCUT2D eigenvalue weighted by Crippen LogP contribution is -2.21. The van der Waals surface area contributed by atoms with E-state index in [-0.39, 0.29) is 0 Å². The van der Waals surface area contributed by atoms with Crippen molar-refractivity contribution in [2.24, 2.45) is 7.05 Å². The van der Waals surface area contributed by atoms with Crippen molar-refractivity contribution >= 4 is 0 Å². The van der Waals surface area contributed by atoms with Crippen LogP contribution < -0.4 is 5.32 Å². The van der Waals surface area contributed by atoms with Gasteiger partial charge in [-0.15, -0.1) is 10.2 Å². The predicted octanol–water partition coefficient (Wildman–Crippen LogP) is 0.149. The van der Waals surface area contributed by atoms with Crippen LogP contribution in [0.25, 0.3) is 0 Å². The molecular formula is C11H19N7. The molecule has 98 valence electrons. The minimum absolute atomic E-state index is 0.734. The van der Waals surface area contributed by atoms with Crippen LogP contribution in [0.2, 0.25) is 0 Å². The topological polar surface area (TPSA) is 73.5 Å². The van der Waals surface area contributed by atoms with Gasteiger partial charge in [0, 0.05) is 26.6 Å². The molecule has 0 radical (unpaired) electrons. The Balaban J connectivity index is 1.75. The molecule has 0 aliphatic carbocycles. The van der Waals surface area contributed by atoms with Crippen LogP contribution in [-0.2, 0) is 26.6 Å². The van der Waals surface area contributed by atoms with E-state index in [4.69, 9.17) is 0 Å². The van der Waals surface area contributed by atoms with Gasteiger partial charge in [0.15, 0.2) is 0 Å². The zero-order chi connectivity index (χ0) is 12.8. The van der Waals surface area contributed by atoms with Crippen molar-refractivity contribution in [2.45, 2.75) is 32.9 Å². The normalized spacial score (nSPS) is 11.0. The summed E-state index contributed by atoms with van der Waals surface area (Å²) in [5.41, 5.74) is 0. The van der Waals surface area contributed by atoms with Crippen molar-refractivity contribution in [3.63, 3.8) is 0 Å². The standard InChI is InChI=1S/C11H19N7/c1-3-6-18-11(13-8-15-18)7-12-5-4-10-16-14-9-17(10)2/h8-9,12H,3-7H2,1-2H3. The summed E-state index contributed by atoms with van der Waals surface area (Å²) in [7, 11) is 1.95. The zero-order valence-corrected chi connectivity index (χ0v) is 10.9. The van der Waals surface area contributed by atoms with E-state index >= 15 is 0 Å². The van der Waals surface area contributed by atoms with Gasteiger partial charge in [-0.25, -0.2) is 9.67 Å². The molecular weight excluding hydrogens is 230 g/mol. The van der Waals surface area contributed by atoms with Crippen LogP contribution in [-0.4, -0.2) is 36.1 Å². The third-order valence-corrected chi connectivity index (χ3v) is 2.74. The second-order valence-corrected chi connectivity index (χ2v) is 4.18. The minimum Gasteiger partial charge on any atom is -0.321 e. The van der Waals surface area contributed by atoms with Gasteiger partial charge in [0.05, 0.1) is 6.54 Å². The average molecular weight is 249 g/mol. The maximum atomic E-state index is 4.24. The summed E-state index contributed by atoms with van der Waals surface area (Å²) in [5, 5.41) is 15.4. The van der Waals surface area contributed by atoms with Crippen LogP contribution in [0.5, 0.6) is 0 Å². The van der Waals surface area contributed by atoms with Gasteiger partial charge in [0.1, 0.15) is 24.3 Å². The molecule has 0 amide bonds. The highest BCUT2D eigenvalue weighted by Crippen LogP contribution is 1.96. The smallest absolute Gasteiger partial charge is 0.140 e. The van der Waals surface area contributed by atoms with Gasteiger partial charge in [0.25, 0.3) is 0 Å². The molecule has 0 bridgehead atoms. The first-order valence-electron chi connectivity index (χ1n) is 6.21. The number of aromatic nitrogens is 6. The molecule has 0 atom stereocenters. The van der Waals surface area contributed by atoms with Gasteiger partial charge in [-0.1, -0.05) is 6.92 Å². The molecule has 0 aliphatic rings. The van der Waals surface area contributed by atoms with E-state index in [0.717, 1.165) is 44.1 Å². The number of hydrogen-bond acceptors (Lipinski definition) is 5. The summed E-state index contributed by atoms with van der Waals surface area (Å²) in [6.45, 7) is 4.64. The van der Waals surface area contributed by atoms with E-state index in [0.29, 0.717) is 0 Å². The summed E-state index contributed by atoms with van der Waals surface area (Å²) >= 11 is 0. The van der Waals surface area contributed by atoms with Crippen LogP contribution in [0, 0.1) is 0 Å². The number of aryl methyl sites for hydroxylation is 2. The van der Waals surface area contributed by atoms with E-state index in [1.165, 1.54) is 0 Å². The maximum Gasteiger partial charge on any atom is 0.140 e. The van der Waals surface area contributed by atoms with E-state index in [9.17, 15) is 0 Å². The molecule has 0 unspecified atom stereocenters. The fraction of sp³-hybridized carbons (Fsp3) is 0.636. The molecule has 2 aromatic heterocycles. The van der Waals surface area contributed by atoms with Gasteiger partial charge in [-0.3, -0.25) is 0 Å². The second-order valence-electron chi connectivity index (χ2n) is 4.18. The SMILES string of the molecule is CCCn1ncnc1CNCCc1nncn1C. The Morgan fingerprint density at radius 1 is 1.33 bits per heavy atom. The average Bonchev–Trinajstić information content (AvgIpc) is 2.95. The number of hydrogen-bond donors (Lipinski definition) is 1. The lowest BCUT2D eigenvalue weighted by molar-refractivity contribution is 0.540. The van der Waals surface area contributed by atoms with Gasteiger partial charge in [-0.2, -0.15) is 5.10 Å². The lowest BCUT2D eigenvalue weighted by Gasteiger charge is -2.06. The molecule has 7 nitrogen and oxygen atoms in total. The van der Waals surface area contributed by atoms with Crippen molar-refractivity contribution < 1.29 is 0 Å². The van der Waals surface area contributed by atoms with Gasteiger partial charge >= 0.3 is 0 Å². The Hall–Kier alpha value is -1.76. The molecule has 0 aromatic carbocycles. The third kappa shape index (κ3) is 3.13. The molecule has 0 aliphatic heterocycles. The fourth-order valence-electron chi connectivity index (χ4n) is 1.76. The lowest BCUT2D eigenvalue weighted by atomic mass is 10.4. The van der Waals surface area contributed by atoms with Gasteiger partial charge in [-0.05, 0) is 6.42 Å². The monoisotopic (exact) mass is 249 g/mol. The Morgan fingerprint density at radius 3 is 2.94 bits per heavy atom. The molecule has 1 N–H and O–H groups in total. The highest BCUT2D eigenvalue weighted by Gasteiger charge is 2.03. The quantitative estimate of drug-likeness (QED) is 0.707. The Labute approximate surface area is 106 Å². The summed E-state index contributed by atoms with van der Waals surface area (Å²) in [4.78, 5) is 4.24. The summed E-state index contributed by atoms with van der Waals surface area (Å²) in [6.07, 6.45) is 5.25. The van der Waals surface area contributed by atoms with E-state index in [1.54, 1.807) is 12.7 Å². The third-order valence-electron chi connectivity index (χ3n) is 2.74. The summed E-state index contributed by atoms with van der Waals surface area (Å²) in [5.74, 6) is 1.97. The molecule has 7 heteroatoms. The molecule has 0 fully saturated rings. The molecule has 2 aromatic rings. The molecule has 0 saturated heterocycles. The Kier molecular flexibility index (Phi) is 4.40. The highest BCUT2D eigenvalue weighted by molar-refractivity contribution is 4.87. The minimum atomic E-state index is 0.734. The maximum absolute atomic E-state index is 4.24. The van der Waals surface area contributed by atoms with Crippen molar-refractivity contribution in [2.75, 3.05) is 6.54 Å². The Morgan fingerprint density at radius 2 is 2.22 bits per heavy atom. The zero-order valence-electron chi connectivity index (χ0n) is 10.9. The predicted molar refractivity (Wildman–Crippen MR) is 66.7 cm³/mol. The van der Waals surface area contributed by atoms with Crippen molar-refractivity contribution in [1.82, 2.24) is 34.8 Å². The first-order valence-corrected chi connectivity index (χ1v) is 6.21. The number of nitrogens with one attached hydrogen (secondary N) is 1. The molecule has 0 saturated carbocycles. The highest BCUT2D eigenvalue weighted by atomic mass is 15.3.